The first-order valence-corrected chi connectivity index (χ1v) is 9.33. The van der Waals surface area contributed by atoms with Gasteiger partial charge in [-0.05, 0) is 31.0 Å². The van der Waals surface area contributed by atoms with E-state index in [1.807, 2.05) is 45.9 Å². The van der Waals surface area contributed by atoms with Crippen molar-refractivity contribution in [2.24, 2.45) is 10.4 Å². The minimum absolute atomic E-state index is 0.0414. The SMILES string of the molecule is CCNC(=NCCc1ccc(OC)c(OC)c1)NCCNC(=O)C(C)(C)C. The Hall–Kier alpha value is -2.44. The highest BCUT2D eigenvalue weighted by molar-refractivity contribution is 5.81. The van der Waals surface area contributed by atoms with E-state index in [0.717, 1.165) is 36.0 Å². The smallest absolute Gasteiger partial charge is 0.225 e. The number of ether oxygens (including phenoxy) is 2. The Morgan fingerprint density at radius 3 is 2.30 bits per heavy atom. The number of carbonyl (C=O) groups is 1. The number of methoxy groups -OCH3 is 2. The molecule has 0 saturated heterocycles. The number of hydrogen-bond acceptors (Lipinski definition) is 4. The van der Waals surface area contributed by atoms with Crippen molar-refractivity contribution in [3.05, 3.63) is 23.8 Å². The third-order valence-electron chi connectivity index (χ3n) is 3.85. The van der Waals surface area contributed by atoms with E-state index in [9.17, 15) is 4.79 Å². The zero-order chi connectivity index (χ0) is 20.3. The molecule has 27 heavy (non-hydrogen) atoms. The molecule has 1 rings (SSSR count). The van der Waals surface area contributed by atoms with Crippen molar-refractivity contribution in [3.8, 4) is 11.5 Å². The summed E-state index contributed by atoms with van der Waals surface area (Å²) in [6, 6.07) is 5.88. The number of carbonyl (C=O) groups excluding carboxylic acids is 1. The highest BCUT2D eigenvalue weighted by atomic mass is 16.5. The second-order valence-electron chi connectivity index (χ2n) is 7.13. The summed E-state index contributed by atoms with van der Waals surface area (Å²) < 4.78 is 10.6. The van der Waals surface area contributed by atoms with Crippen LogP contribution in [-0.4, -0.2) is 52.3 Å². The summed E-state index contributed by atoms with van der Waals surface area (Å²) in [5.41, 5.74) is 0.752. The van der Waals surface area contributed by atoms with Crippen LogP contribution < -0.4 is 25.4 Å². The molecule has 7 nitrogen and oxygen atoms in total. The van der Waals surface area contributed by atoms with Crippen LogP contribution in [0.5, 0.6) is 11.5 Å². The molecule has 1 aromatic carbocycles. The lowest BCUT2D eigenvalue weighted by Crippen LogP contribution is -2.43. The average molecular weight is 379 g/mol. The summed E-state index contributed by atoms with van der Waals surface area (Å²) in [5, 5.41) is 9.36. The molecule has 0 atom stereocenters. The predicted octanol–water partition coefficient (Wildman–Crippen LogP) is 1.96. The Balaban J connectivity index is 2.50. The van der Waals surface area contributed by atoms with Crippen molar-refractivity contribution in [1.82, 2.24) is 16.0 Å². The van der Waals surface area contributed by atoms with E-state index < -0.39 is 0 Å². The van der Waals surface area contributed by atoms with Gasteiger partial charge < -0.3 is 25.4 Å². The molecule has 1 amide bonds. The van der Waals surface area contributed by atoms with E-state index in [4.69, 9.17) is 9.47 Å². The van der Waals surface area contributed by atoms with Crippen LogP contribution in [0.15, 0.2) is 23.2 Å². The summed E-state index contributed by atoms with van der Waals surface area (Å²) in [6.07, 6.45) is 0.789. The number of benzene rings is 1. The fourth-order valence-corrected chi connectivity index (χ4v) is 2.30. The maximum atomic E-state index is 11.9. The van der Waals surface area contributed by atoms with Gasteiger partial charge in [-0.3, -0.25) is 9.79 Å². The zero-order valence-corrected chi connectivity index (χ0v) is 17.4. The molecule has 0 saturated carbocycles. The average Bonchev–Trinajstić information content (AvgIpc) is 2.63. The van der Waals surface area contributed by atoms with Crippen LogP contribution in [0.3, 0.4) is 0 Å². The van der Waals surface area contributed by atoms with Gasteiger partial charge in [0, 0.05) is 31.6 Å². The van der Waals surface area contributed by atoms with Gasteiger partial charge in [0.1, 0.15) is 0 Å². The quantitative estimate of drug-likeness (QED) is 0.348. The van der Waals surface area contributed by atoms with Gasteiger partial charge in [-0.1, -0.05) is 26.8 Å². The minimum atomic E-state index is -0.377. The van der Waals surface area contributed by atoms with Crippen molar-refractivity contribution in [2.75, 3.05) is 40.4 Å². The van der Waals surface area contributed by atoms with Gasteiger partial charge in [-0.15, -0.1) is 0 Å². The Kier molecular flexibility index (Phi) is 9.47. The number of hydrogen-bond donors (Lipinski definition) is 3. The first-order chi connectivity index (χ1) is 12.8. The fraction of sp³-hybridized carbons (Fsp3) is 0.600. The van der Waals surface area contributed by atoms with Crippen molar-refractivity contribution in [2.45, 2.75) is 34.1 Å². The fourth-order valence-electron chi connectivity index (χ4n) is 2.30. The molecule has 3 N–H and O–H groups in total. The molecule has 0 aliphatic carbocycles. The van der Waals surface area contributed by atoms with Gasteiger partial charge in [0.25, 0.3) is 0 Å². The molecular formula is C20H34N4O3. The molecule has 0 unspecified atom stereocenters. The zero-order valence-electron chi connectivity index (χ0n) is 17.4. The van der Waals surface area contributed by atoms with Gasteiger partial charge in [-0.2, -0.15) is 0 Å². The van der Waals surface area contributed by atoms with Gasteiger partial charge in [-0.25, -0.2) is 0 Å². The molecule has 7 heteroatoms. The van der Waals surface area contributed by atoms with Crippen molar-refractivity contribution < 1.29 is 14.3 Å². The number of aliphatic imine (C=N–C) groups is 1. The topological polar surface area (TPSA) is 84.0 Å². The van der Waals surface area contributed by atoms with Crippen LogP contribution in [0.1, 0.15) is 33.3 Å². The summed E-state index contributed by atoms with van der Waals surface area (Å²) >= 11 is 0. The second kappa shape index (κ2) is 11.3. The highest BCUT2D eigenvalue weighted by Gasteiger charge is 2.20. The van der Waals surface area contributed by atoms with Crippen LogP contribution in [0.2, 0.25) is 0 Å². The Labute approximate surface area is 162 Å². The molecule has 0 aliphatic heterocycles. The van der Waals surface area contributed by atoms with E-state index in [2.05, 4.69) is 20.9 Å². The number of amides is 1. The van der Waals surface area contributed by atoms with Crippen molar-refractivity contribution in [3.63, 3.8) is 0 Å². The molecule has 0 aliphatic rings. The molecule has 0 radical (unpaired) electrons. The predicted molar refractivity (Wildman–Crippen MR) is 110 cm³/mol. The normalized spacial score (nSPS) is 11.7. The number of rotatable bonds is 9. The molecule has 0 bridgehead atoms. The van der Waals surface area contributed by atoms with Gasteiger partial charge in [0.2, 0.25) is 5.91 Å². The van der Waals surface area contributed by atoms with Crippen molar-refractivity contribution >= 4 is 11.9 Å². The lowest BCUT2D eigenvalue weighted by molar-refractivity contribution is -0.128. The van der Waals surface area contributed by atoms with Crippen LogP contribution in [0, 0.1) is 5.41 Å². The molecule has 0 heterocycles. The molecular weight excluding hydrogens is 344 g/mol. The van der Waals surface area contributed by atoms with E-state index in [1.165, 1.54) is 0 Å². The van der Waals surface area contributed by atoms with Crippen molar-refractivity contribution in [1.29, 1.82) is 0 Å². The third kappa shape index (κ3) is 8.19. The second-order valence-corrected chi connectivity index (χ2v) is 7.13. The van der Waals surface area contributed by atoms with Crippen LogP contribution >= 0.6 is 0 Å². The maximum absolute atomic E-state index is 11.9. The first kappa shape index (κ1) is 22.6. The number of guanidine groups is 1. The minimum Gasteiger partial charge on any atom is -0.493 e. The van der Waals surface area contributed by atoms with Crippen LogP contribution in [0.25, 0.3) is 0 Å². The molecule has 0 fully saturated rings. The van der Waals surface area contributed by atoms with E-state index in [-0.39, 0.29) is 11.3 Å². The summed E-state index contributed by atoms with van der Waals surface area (Å²) in [5.74, 6) is 2.22. The van der Waals surface area contributed by atoms with Gasteiger partial charge >= 0.3 is 0 Å². The number of nitrogens with zero attached hydrogens (tertiary/aromatic N) is 1. The number of nitrogens with one attached hydrogen (secondary N) is 3. The molecule has 152 valence electrons. The maximum Gasteiger partial charge on any atom is 0.225 e. The summed E-state index contributed by atoms with van der Waals surface area (Å²) in [7, 11) is 3.26. The van der Waals surface area contributed by atoms with Gasteiger partial charge in [0.15, 0.2) is 17.5 Å². The lowest BCUT2D eigenvalue weighted by Gasteiger charge is -2.18. The standard InChI is InChI=1S/C20H34N4O3/c1-7-21-19(24-13-12-22-18(25)20(2,3)4)23-11-10-15-8-9-16(26-5)17(14-15)27-6/h8-9,14H,7,10-13H2,1-6H3,(H,22,25)(H2,21,23,24). The first-order valence-electron chi connectivity index (χ1n) is 9.33. The molecule has 0 spiro atoms. The summed E-state index contributed by atoms with van der Waals surface area (Å²) in [6.45, 7) is 10.3. The van der Waals surface area contributed by atoms with Crippen LogP contribution in [-0.2, 0) is 11.2 Å². The third-order valence-corrected chi connectivity index (χ3v) is 3.85. The largest absolute Gasteiger partial charge is 0.493 e. The van der Waals surface area contributed by atoms with E-state index in [0.29, 0.717) is 19.6 Å². The van der Waals surface area contributed by atoms with Gasteiger partial charge in [0.05, 0.1) is 14.2 Å². The Bertz CT molecular complexity index is 624. The Morgan fingerprint density at radius 2 is 1.70 bits per heavy atom. The van der Waals surface area contributed by atoms with E-state index in [1.54, 1.807) is 14.2 Å². The van der Waals surface area contributed by atoms with Crippen LogP contribution in [0.4, 0.5) is 0 Å². The molecule has 0 aromatic heterocycles. The van der Waals surface area contributed by atoms with E-state index >= 15 is 0 Å². The Morgan fingerprint density at radius 1 is 1.04 bits per heavy atom. The summed E-state index contributed by atoms with van der Waals surface area (Å²) in [4.78, 5) is 16.4. The molecule has 1 aromatic rings. The monoisotopic (exact) mass is 378 g/mol. The highest BCUT2D eigenvalue weighted by Crippen LogP contribution is 2.27. The lowest BCUT2D eigenvalue weighted by atomic mass is 9.96.